The van der Waals surface area contributed by atoms with Crippen LogP contribution in [-0.4, -0.2) is 31.0 Å². The van der Waals surface area contributed by atoms with Crippen LogP contribution in [0.4, 0.5) is 0 Å². The van der Waals surface area contributed by atoms with E-state index in [0.717, 1.165) is 11.3 Å². The molecule has 2 rings (SSSR count). The lowest BCUT2D eigenvalue weighted by atomic mass is 10.2. The van der Waals surface area contributed by atoms with Crippen molar-refractivity contribution in [2.24, 2.45) is 0 Å². The van der Waals surface area contributed by atoms with Crippen molar-refractivity contribution in [3.8, 4) is 5.75 Å². The van der Waals surface area contributed by atoms with Gasteiger partial charge in [-0.2, -0.15) is 0 Å². The van der Waals surface area contributed by atoms with Gasteiger partial charge in [0, 0.05) is 10.6 Å². The number of aryl methyl sites for hydroxylation is 1. The minimum Gasteiger partial charge on any atom is -0.492 e. The molecule has 0 radical (unpaired) electrons. The standard InChI is InChI=1S/C19H21ClN2O3/c1-13-3-9-17(10-4-13)25-12-11-21-18(23)14(2)22-19(24)15-5-7-16(20)8-6-15/h3-10,14H,11-12H2,1-2H3,(H,21,23)(H,22,24). The minimum absolute atomic E-state index is 0.269. The second-order valence-corrected chi connectivity index (χ2v) is 6.09. The Balaban J connectivity index is 1.71. The summed E-state index contributed by atoms with van der Waals surface area (Å²) in [7, 11) is 0. The Morgan fingerprint density at radius 3 is 2.36 bits per heavy atom. The Labute approximate surface area is 152 Å². The maximum absolute atomic E-state index is 12.1. The second kappa shape index (κ2) is 9.08. The summed E-state index contributed by atoms with van der Waals surface area (Å²) in [5, 5.41) is 5.93. The van der Waals surface area contributed by atoms with E-state index in [9.17, 15) is 9.59 Å². The van der Waals surface area contributed by atoms with Crippen LogP contribution >= 0.6 is 11.6 Å². The number of hydrogen-bond acceptors (Lipinski definition) is 3. The van der Waals surface area contributed by atoms with Crippen molar-refractivity contribution in [3.63, 3.8) is 0 Å². The van der Waals surface area contributed by atoms with Gasteiger partial charge < -0.3 is 15.4 Å². The summed E-state index contributed by atoms with van der Waals surface area (Å²) in [4.78, 5) is 24.1. The van der Waals surface area contributed by atoms with Crippen LogP contribution in [0.5, 0.6) is 5.75 Å². The van der Waals surface area contributed by atoms with Crippen molar-refractivity contribution in [1.29, 1.82) is 0 Å². The predicted molar refractivity (Wildman–Crippen MR) is 98.1 cm³/mol. The van der Waals surface area contributed by atoms with Gasteiger partial charge in [-0.15, -0.1) is 0 Å². The first-order valence-corrected chi connectivity index (χ1v) is 8.37. The van der Waals surface area contributed by atoms with Gasteiger partial charge in [0.25, 0.3) is 5.91 Å². The molecule has 1 unspecified atom stereocenters. The van der Waals surface area contributed by atoms with Gasteiger partial charge in [-0.25, -0.2) is 0 Å². The highest BCUT2D eigenvalue weighted by Gasteiger charge is 2.16. The van der Waals surface area contributed by atoms with Crippen LogP contribution in [0.2, 0.25) is 5.02 Å². The van der Waals surface area contributed by atoms with Crippen molar-refractivity contribution < 1.29 is 14.3 Å². The van der Waals surface area contributed by atoms with Crippen molar-refractivity contribution >= 4 is 23.4 Å². The number of rotatable bonds is 7. The zero-order valence-corrected chi connectivity index (χ0v) is 15.0. The molecule has 25 heavy (non-hydrogen) atoms. The van der Waals surface area contributed by atoms with E-state index < -0.39 is 6.04 Å². The Bertz CT molecular complexity index is 714. The molecule has 5 nitrogen and oxygen atoms in total. The van der Waals surface area contributed by atoms with Crippen molar-refractivity contribution in [1.82, 2.24) is 10.6 Å². The SMILES string of the molecule is Cc1ccc(OCCNC(=O)C(C)NC(=O)c2ccc(Cl)cc2)cc1. The van der Waals surface area contributed by atoms with E-state index in [1.165, 1.54) is 0 Å². The number of halogens is 1. The molecule has 0 aromatic heterocycles. The van der Waals surface area contributed by atoms with Crippen LogP contribution in [0.3, 0.4) is 0 Å². The fourth-order valence-corrected chi connectivity index (χ4v) is 2.20. The topological polar surface area (TPSA) is 67.4 Å². The Hall–Kier alpha value is -2.53. The van der Waals surface area contributed by atoms with Gasteiger partial charge in [-0.1, -0.05) is 29.3 Å². The van der Waals surface area contributed by atoms with Gasteiger partial charge in [0.05, 0.1) is 6.54 Å². The molecule has 6 heteroatoms. The third-order valence-electron chi connectivity index (χ3n) is 3.54. The number of amides is 2. The monoisotopic (exact) mass is 360 g/mol. The van der Waals surface area contributed by atoms with Crippen LogP contribution in [0.15, 0.2) is 48.5 Å². The highest BCUT2D eigenvalue weighted by atomic mass is 35.5. The normalized spacial score (nSPS) is 11.5. The third-order valence-corrected chi connectivity index (χ3v) is 3.79. The molecule has 0 heterocycles. The molecule has 0 aliphatic carbocycles. The number of benzene rings is 2. The molecule has 0 fully saturated rings. The van der Waals surface area contributed by atoms with E-state index in [1.807, 2.05) is 31.2 Å². The lowest BCUT2D eigenvalue weighted by Gasteiger charge is -2.14. The van der Waals surface area contributed by atoms with E-state index in [-0.39, 0.29) is 11.8 Å². The van der Waals surface area contributed by atoms with Crippen molar-refractivity contribution in [2.75, 3.05) is 13.2 Å². The van der Waals surface area contributed by atoms with Crippen molar-refractivity contribution in [3.05, 3.63) is 64.7 Å². The molecular weight excluding hydrogens is 340 g/mol. The first kappa shape index (κ1) is 18.8. The van der Waals surface area contributed by atoms with E-state index in [0.29, 0.717) is 23.7 Å². The van der Waals surface area contributed by atoms with Crippen LogP contribution in [0.1, 0.15) is 22.8 Å². The fourth-order valence-electron chi connectivity index (χ4n) is 2.08. The van der Waals surface area contributed by atoms with Gasteiger partial charge in [-0.05, 0) is 50.2 Å². The average molecular weight is 361 g/mol. The van der Waals surface area contributed by atoms with Gasteiger partial charge >= 0.3 is 0 Å². The highest BCUT2D eigenvalue weighted by Crippen LogP contribution is 2.11. The first-order chi connectivity index (χ1) is 12.0. The summed E-state index contributed by atoms with van der Waals surface area (Å²) in [5.74, 6) is 0.161. The van der Waals surface area contributed by atoms with Gasteiger partial charge in [0.15, 0.2) is 0 Å². The Kier molecular flexibility index (Phi) is 6.83. The summed E-state index contributed by atoms with van der Waals surface area (Å²) in [6.45, 7) is 4.34. The van der Waals surface area contributed by atoms with Gasteiger partial charge in [-0.3, -0.25) is 9.59 Å². The molecule has 0 saturated carbocycles. The zero-order valence-electron chi connectivity index (χ0n) is 14.2. The minimum atomic E-state index is -0.650. The number of ether oxygens (including phenoxy) is 1. The average Bonchev–Trinajstić information content (AvgIpc) is 2.60. The molecule has 1 atom stereocenters. The third kappa shape index (κ3) is 6.12. The van der Waals surface area contributed by atoms with Gasteiger partial charge in [0.1, 0.15) is 18.4 Å². The maximum atomic E-state index is 12.1. The number of nitrogens with one attached hydrogen (secondary N) is 2. The lowest BCUT2D eigenvalue weighted by molar-refractivity contribution is -0.122. The highest BCUT2D eigenvalue weighted by molar-refractivity contribution is 6.30. The molecule has 2 aromatic carbocycles. The number of carbonyl (C=O) groups is 2. The summed E-state index contributed by atoms with van der Waals surface area (Å²) in [6.07, 6.45) is 0. The number of hydrogen-bond donors (Lipinski definition) is 2. The molecule has 2 aromatic rings. The lowest BCUT2D eigenvalue weighted by Crippen LogP contribution is -2.45. The molecule has 0 saturated heterocycles. The zero-order chi connectivity index (χ0) is 18.2. The molecular formula is C19H21ClN2O3. The van der Waals surface area contributed by atoms with Crippen LogP contribution in [0.25, 0.3) is 0 Å². The van der Waals surface area contributed by atoms with E-state index in [2.05, 4.69) is 10.6 Å². The van der Waals surface area contributed by atoms with Crippen molar-refractivity contribution in [2.45, 2.75) is 19.9 Å². The predicted octanol–water partition coefficient (Wildman–Crippen LogP) is 2.96. The quantitative estimate of drug-likeness (QED) is 0.746. The smallest absolute Gasteiger partial charge is 0.251 e. The fraction of sp³-hybridized carbons (Fsp3) is 0.263. The summed E-state index contributed by atoms with van der Waals surface area (Å²) in [6, 6.07) is 13.5. The summed E-state index contributed by atoms with van der Waals surface area (Å²) < 4.78 is 5.54. The molecule has 132 valence electrons. The molecule has 0 spiro atoms. The van der Waals surface area contributed by atoms with Crippen LogP contribution in [-0.2, 0) is 4.79 Å². The van der Waals surface area contributed by atoms with E-state index >= 15 is 0 Å². The molecule has 2 amide bonds. The molecule has 0 bridgehead atoms. The Morgan fingerprint density at radius 1 is 1.08 bits per heavy atom. The largest absolute Gasteiger partial charge is 0.492 e. The maximum Gasteiger partial charge on any atom is 0.251 e. The summed E-state index contributed by atoms with van der Waals surface area (Å²) in [5.41, 5.74) is 1.61. The van der Waals surface area contributed by atoms with Crippen LogP contribution in [0, 0.1) is 6.92 Å². The molecule has 0 aliphatic rings. The van der Waals surface area contributed by atoms with E-state index in [1.54, 1.807) is 31.2 Å². The second-order valence-electron chi connectivity index (χ2n) is 5.65. The Morgan fingerprint density at radius 2 is 1.72 bits per heavy atom. The van der Waals surface area contributed by atoms with Gasteiger partial charge in [0.2, 0.25) is 5.91 Å². The molecule has 0 aliphatic heterocycles. The molecule has 2 N–H and O–H groups in total. The first-order valence-electron chi connectivity index (χ1n) is 7.99. The van der Waals surface area contributed by atoms with Crippen LogP contribution < -0.4 is 15.4 Å². The number of carbonyl (C=O) groups excluding carboxylic acids is 2. The summed E-state index contributed by atoms with van der Waals surface area (Å²) >= 11 is 5.79. The van der Waals surface area contributed by atoms with E-state index in [4.69, 9.17) is 16.3 Å².